The van der Waals surface area contributed by atoms with Crippen molar-refractivity contribution in [2.24, 2.45) is 0 Å². The molecule has 0 atom stereocenters. The van der Waals surface area contributed by atoms with Crippen LogP contribution in [-0.4, -0.2) is 26.6 Å². The van der Waals surface area contributed by atoms with E-state index in [1.54, 1.807) is 4.89 Å². The SMILES string of the molecule is CONS(=O)(=O)c1cccc(C(=O)O)c1. The maximum absolute atomic E-state index is 11.4. The van der Waals surface area contributed by atoms with Crippen molar-refractivity contribution in [2.45, 2.75) is 4.90 Å². The molecule has 0 aliphatic rings. The number of carboxylic acids is 1. The van der Waals surface area contributed by atoms with E-state index in [-0.39, 0.29) is 10.5 Å². The lowest BCUT2D eigenvalue weighted by atomic mass is 10.2. The van der Waals surface area contributed by atoms with Crippen LogP contribution in [0.25, 0.3) is 0 Å². The minimum absolute atomic E-state index is 0.103. The van der Waals surface area contributed by atoms with Crippen molar-refractivity contribution in [1.29, 1.82) is 0 Å². The number of hydrogen-bond donors (Lipinski definition) is 2. The van der Waals surface area contributed by atoms with Gasteiger partial charge in [0.25, 0.3) is 10.0 Å². The molecule has 0 unspecified atom stereocenters. The van der Waals surface area contributed by atoms with Gasteiger partial charge in [-0.15, -0.1) is 0 Å². The quantitative estimate of drug-likeness (QED) is 0.723. The summed E-state index contributed by atoms with van der Waals surface area (Å²) < 4.78 is 22.8. The summed E-state index contributed by atoms with van der Waals surface area (Å²) in [6.07, 6.45) is 0. The molecule has 1 rings (SSSR count). The van der Waals surface area contributed by atoms with Gasteiger partial charge >= 0.3 is 5.97 Å². The van der Waals surface area contributed by atoms with Gasteiger partial charge in [-0.3, -0.25) is 4.84 Å². The minimum Gasteiger partial charge on any atom is -0.478 e. The van der Waals surface area contributed by atoms with Gasteiger partial charge in [0.05, 0.1) is 17.6 Å². The summed E-state index contributed by atoms with van der Waals surface area (Å²) in [5.41, 5.74) is -0.103. The van der Waals surface area contributed by atoms with E-state index in [1.807, 2.05) is 0 Å². The van der Waals surface area contributed by atoms with E-state index >= 15 is 0 Å². The van der Waals surface area contributed by atoms with Gasteiger partial charge in [-0.1, -0.05) is 11.0 Å². The van der Waals surface area contributed by atoms with Gasteiger partial charge in [-0.25, -0.2) is 13.2 Å². The number of hydrogen-bond acceptors (Lipinski definition) is 4. The predicted molar refractivity (Wildman–Crippen MR) is 50.7 cm³/mol. The highest BCUT2D eigenvalue weighted by molar-refractivity contribution is 7.89. The summed E-state index contributed by atoms with van der Waals surface area (Å²) in [6, 6.07) is 4.96. The molecular formula is C8H9NO5S. The molecule has 0 aromatic heterocycles. The lowest BCUT2D eigenvalue weighted by Gasteiger charge is -2.04. The monoisotopic (exact) mass is 231 g/mol. The number of carbonyl (C=O) groups is 1. The number of nitrogens with one attached hydrogen (secondary N) is 1. The van der Waals surface area contributed by atoms with Crippen molar-refractivity contribution in [1.82, 2.24) is 4.89 Å². The van der Waals surface area contributed by atoms with Gasteiger partial charge < -0.3 is 5.11 Å². The summed E-state index contributed by atoms with van der Waals surface area (Å²) in [4.78, 5) is 16.5. The van der Waals surface area contributed by atoms with Crippen LogP contribution in [0, 0.1) is 0 Å². The van der Waals surface area contributed by atoms with Crippen molar-refractivity contribution in [3.05, 3.63) is 29.8 Å². The van der Waals surface area contributed by atoms with Crippen molar-refractivity contribution in [3.63, 3.8) is 0 Å². The number of carboxylic acid groups (broad SMARTS) is 1. The van der Waals surface area contributed by atoms with Crippen LogP contribution >= 0.6 is 0 Å². The average Bonchev–Trinajstić information content (AvgIpc) is 2.18. The zero-order chi connectivity index (χ0) is 11.5. The topological polar surface area (TPSA) is 92.7 Å². The van der Waals surface area contributed by atoms with Crippen molar-refractivity contribution < 1.29 is 23.2 Å². The molecule has 0 saturated heterocycles. The first-order valence-corrected chi connectivity index (χ1v) is 5.34. The highest BCUT2D eigenvalue weighted by atomic mass is 32.2. The molecule has 1 aromatic carbocycles. The largest absolute Gasteiger partial charge is 0.478 e. The molecule has 0 heterocycles. The maximum Gasteiger partial charge on any atom is 0.335 e. The van der Waals surface area contributed by atoms with Crippen molar-refractivity contribution in [2.75, 3.05) is 7.11 Å². The van der Waals surface area contributed by atoms with Crippen molar-refractivity contribution in [3.8, 4) is 0 Å². The Morgan fingerprint density at radius 2 is 2.13 bits per heavy atom. The zero-order valence-corrected chi connectivity index (χ0v) is 8.61. The van der Waals surface area contributed by atoms with Gasteiger partial charge in [-0.05, 0) is 18.2 Å². The maximum atomic E-state index is 11.4. The van der Waals surface area contributed by atoms with Gasteiger partial charge in [0, 0.05) is 0 Å². The summed E-state index contributed by atoms with van der Waals surface area (Å²) in [7, 11) is -2.65. The first-order valence-electron chi connectivity index (χ1n) is 3.85. The van der Waals surface area contributed by atoms with Crippen LogP contribution in [0.1, 0.15) is 10.4 Å². The molecule has 0 amide bonds. The van der Waals surface area contributed by atoms with Gasteiger partial charge in [0.2, 0.25) is 0 Å². The number of benzene rings is 1. The third-order valence-electron chi connectivity index (χ3n) is 1.58. The van der Waals surface area contributed by atoms with E-state index in [0.717, 1.165) is 13.2 Å². The Kier molecular flexibility index (Phi) is 3.40. The Balaban J connectivity index is 3.16. The summed E-state index contributed by atoms with van der Waals surface area (Å²) >= 11 is 0. The molecule has 82 valence electrons. The molecular weight excluding hydrogens is 222 g/mol. The zero-order valence-electron chi connectivity index (χ0n) is 7.80. The highest BCUT2D eigenvalue weighted by Crippen LogP contribution is 2.11. The molecule has 1 aromatic rings. The van der Waals surface area contributed by atoms with Crippen LogP contribution in [0.2, 0.25) is 0 Å². The van der Waals surface area contributed by atoms with E-state index in [4.69, 9.17) is 5.11 Å². The Bertz CT molecular complexity index is 468. The second kappa shape index (κ2) is 4.39. The van der Waals surface area contributed by atoms with Crippen LogP contribution in [0.5, 0.6) is 0 Å². The Hall–Kier alpha value is -1.44. The highest BCUT2D eigenvalue weighted by Gasteiger charge is 2.15. The third kappa shape index (κ3) is 2.75. The minimum atomic E-state index is -3.80. The number of sulfonamides is 1. The molecule has 0 fully saturated rings. The summed E-state index contributed by atoms with van der Waals surface area (Å²) in [5, 5.41) is 8.66. The Labute approximate surface area is 86.5 Å². The number of rotatable bonds is 4. The first kappa shape index (κ1) is 11.6. The third-order valence-corrected chi connectivity index (χ3v) is 2.84. The van der Waals surface area contributed by atoms with Crippen LogP contribution in [-0.2, 0) is 14.9 Å². The molecule has 6 nitrogen and oxygen atoms in total. The van der Waals surface area contributed by atoms with Gasteiger partial charge in [0.1, 0.15) is 0 Å². The number of aromatic carboxylic acids is 1. The molecule has 0 bridgehead atoms. The van der Waals surface area contributed by atoms with E-state index < -0.39 is 16.0 Å². The lowest BCUT2D eigenvalue weighted by molar-refractivity contribution is 0.0696. The molecule has 0 radical (unpaired) electrons. The standard InChI is InChI=1S/C8H9NO5S/c1-14-9-15(12,13)7-4-2-3-6(5-7)8(10)11/h2-5,9H,1H3,(H,10,11). The average molecular weight is 231 g/mol. The van der Waals surface area contributed by atoms with Crippen LogP contribution in [0.4, 0.5) is 0 Å². The molecule has 15 heavy (non-hydrogen) atoms. The molecule has 2 N–H and O–H groups in total. The second-order valence-corrected chi connectivity index (χ2v) is 4.27. The van der Waals surface area contributed by atoms with E-state index in [1.165, 1.54) is 18.2 Å². The van der Waals surface area contributed by atoms with E-state index in [0.29, 0.717) is 0 Å². The Morgan fingerprint density at radius 1 is 1.47 bits per heavy atom. The molecule has 0 saturated carbocycles. The summed E-state index contributed by atoms with van der Waals surface area (Å²) in [5.74, 6) is -1.19. The van der Waals surface area contributed by atoms with Gasteiger partial charge in [0.15, 0.2) is 0 Å². The lowest BCUT2D eigenvalue weighted by Crippen LogP contribution is -2.22. The molecule has 0 aliphatic heterocycles. The van der Waals surface area contributed by atoms with Crippen molar-refractivity contribution >= 4 is 16.0 Å². The normalized spacial score (nSPS) is 11.3. The van der Waals surface area contributed by atoms with E-state index in [2.05, 4.69) is 4.84 Å². The molecule has 7 heteroatoms. The molecule has 0 aliphatic carbocycles. The fraction of sp³-hybridized carbons (Fsp3) is 0.125. The summed E-state index contributed by atoms with van der Waals surface area (Å²) in [6.45, 7) is 0. The predicted octanol–water partition coefficient (Wildman–Crippen LogP) is 0.224. The van der Waals surface area contributed by atoms with Gasteiger partial charge in [-0.2, -0.15) is 0 Å². The smallest absolute Gasteiger partial charge is 0.335 e. The van der Waals surface area contributed by atoms with E-state index in [9.17, 15) is 13.2 Å². The second-order valence-electron chi connectivity index (χ2n) is 2.62. The first-order chi connectivity index (χ1) is 6.97. The Morgan fingerprint density at radius 3 is 2.67 bits per heavy atom. The van der Waals surface area contributed by atoms with Crippen LogP contribution < -0.4 is 4.89 Å². The van der Waals surface area contributed by atoms with Crippen LogP contribution in [0.3, 0.4) is 0 Å². The molecule has 0 spiro atoms. The van der Waals surface area contributed by atoms with Crippen LogP contribution in [0.15, 0.2) is 29.2 Å². The fourth-order valence-electron chi connectivity index (χ4n) is 0.954. The fourth-order valence-corrected chi connectivity index (χ4v) is 1.81.